The van der Waals surface area contributed by atoms with E-state index in [0.717, 1.165) is 12.8 Å². The molecule has 26 heavy (non-hydrogen) atoms. The summed E-state index contributed by atoms with van der Waals surface area (Å²) in [6.07, 6.45) is 1.55. The average molecular weight is 362 g/mol. The standard InChI is InChI=1S/C18H23FN4O3/c1-10-9-13(3-4-14(10)19)16-22-18(26-23-16)11(2)21-17(24)15(20)12-5-7-25-8-6-12/h3-4,9,11-12,15H,5-8,20H2,1-2H3,(H,21,24). The third kappa shape index (κ3) is 4.08. The minimum absolute atomic E-state index is 0.108. The number of nitrogens with one attached hydrogen (secondary N) is 1. The van der Waals surface area contributed by atoms with Gasteiger partial charge in [0.1, 0.15) is 11.9 Å². The van der Waals surface area contributed by atoms with Crippen LogP contribution in [0, 0.1) is 18.7 Å². The molecule has 0 saturated carbocycles. The van der Waals surface area contributed by atoms with Crippen molar-refractivity contribution < 1.29 is 18.4 Å². The van der Waals surface area contributed by atoms with Gasteiger partial charge in [0.15, 0.2) is 0 Å². The van der Waals surface area contributed by atoms with Crippen molar-refractivity contribution in [2.45, 2.75) is 38.8 Å². The fourth-order valence-electron chi connectivity index (χ4n) is 2.97. The first-order valence-electron chi connectivity index (χ1n) is 8.69. The summed E-state index contributed by atoms with van der Waals surface area (Å²) >= 11 is 0. The van der Waals surface area contributed by atoms with Crippen molar-refractivity contribution in [3.8, 4) is 11.4 Å². The summed E-state index contributed by atoms with van der Waals surface area (Å²) in [5.74, 6) is 0.186. The van der Waals surface area contributed by atoms with E-state index < -0.39 is 12.1 Å². The molecule has 2 atom stereocenters. The predicted octanol–water partition coefficient (Wildman–Crippen LogP) is 2.12. The predicted molar refractivity (Wildman–Crippen MR) is 92.5 cm³/mol. The van der Waals surface area contributed by atoms with Gasteiger partial charge in [0, 0.05) is 18.8 Å². The number of carbonyl (C=O) groups is 1. The van der Waals surface area contributed by atoms with Crippen LogP contribution in [0.25, 0.3) is 11.4 Å². The van der Waals surface area contributed by atoms with E-state index in [1.165, 1.54) is 6.07 Å². The third-order valence-corrected chi connectivity index (χ3v) is 4.66. The van der Waals surface area contributed by atoms with Crippen LogP contribution in [0.2, 0.25) is 0 Å². The highest BCUT2D eigenvalue weighted by Gasteiger charge is 2.28. The van der Waals surface area contributed by atoms with Crippen molar-refractivity contribution in [1.29, 1.82) is 0 Å². The first-order valence-corrected chi connectivity index (χ1v) is 8.69. The van der Waals surface area contributed by atoms with Crippen molar-refractivity contribution in [3.05, 3.63) is 35.5 Å². The smallest absolute Gasteiger partial charge is 0.249 e. The summed E-state index contributed by atoms with van der Waals surface area (Å²) in [4.78, 5) is 16.7. The van der Waals surface area contributed by atoms with Crippen LogP contribution in [0.15, 0.2) is 22.7 Å². The lowest BCUT2D eigenvalue weighted by atomic mass is 9.92. The van der Waals surface area contributed by atoms with Gasteiger partial charge in [0.05, 0.1) is 6.04 Å². The Morgan fingerprint density at radius 1 is 1.38 bits per heavy atom. The number of nitrogens with zero attached hydrogens (tertiary/aromatic N) is 2. The molecule has 1 saturated heterocycles. The van der Waals surface area contributed by atoms with Crippen molar-refractivity contribution in [3.63, 3.8) is 0 Å². The summed E-state index contributed by atoms with van der Waals surface area (Å²) in [6.45, 7) is 4.68. The van der Waals surface area contributed by atoms with E-state index in [1.807, 2.05) is 0 Å². The van der Waals surface area contributed by atoms with Crippen molar-refractivity contribution in [1.82, 2.24) is 15.5 Å². The van der Waals surface area contributed by atoms with Crippen LogP contribution in [0.4, 0.5) is 4.39 Å². The second kappa shape index (κ2) is 7.92. The molecule has 1 aliphatic rings. The van der Waals surface area contributed by atoms with Crippen LogP contribution in [-0.2, 0) is 9.53 Å². The van der Waals surface area contributed by atoms with E-state index in [2.05, 4.69) is 15.5 Å². The molecular formula is C18H23FN4O3. The number of halogens is 1. The van der Waals surface area contributed by atoms with Crippen LogP contribution in [0.5, 0.6) is 0 Å². The number of nitrogens with two attached hydrogens (primary N) is 1. The van der Waals surface area contributed by atoms with Gasteiger partial charge in [-0.25, -0.2) is 4.39 Å². The number of hydrogen-bond acceptors (Lipinski definition) is 6. The Labute approximate surface area is 151 Å². The highest BCUT2D eigenvalue weighted by molar-refractivity contribution is 5.82. The van der Waals surface area contributed by atoms with Gasteiger partial charge in [0.2, 0.25) is 17.6 Å². The number of rotatable bonds is 5. The molecule has 1 aliphatic heterocycles. The number of benzene rings is 1. The molecule has 1 aromatic carbocycles. The molecule has 0 aliphatic carbocycles. The maximum Gasteiger partial charge on any atom is 0.249 e. The van der Waals surface area contributed by atoms with Crippen LogP contribution < -0.4 is 11.1 Å². The molecule has 0 spiro atoms. The van der Waals surface area contributed by atoms with Gasteiger partial charge in [-0.3, -0.25) is 4.79 Å². The fourth-order valence-corrected chi connectivity index (χ4v) is 2.97. The van der Waals surface area contributed by atoms with Gasteiger partial charge >= 0.3 is 0 Å². The number of aromatic nitrogens is 2. The lowest BCUT2D eigenvalue weighted by Crippen LogP contribution is -2.47. The van der Waals surface area contributed by atoms with E-state index in [0.29, 0.717) is 30.2 Å². The minimum atomic E-state index is -0.594. The Bertz CT molecular complexity index is 774. The van der Waals surface area contributed by atoms with E-state index in [-0.39, 0.29) is 23.5 Å². The van der Waals surface area contributed by atoms with Crippen LogP contribution in [0.1, 0.15) is 37.3 Å². The molecule has 8 heteroatoms. The van der Waals surface area contributed by atoms with Gasteiger partial charge in [0.25, 0.3) is 0 Å². The first-order chi connectivity index (χ1) is 12.5. The van der Waals surface area contributed by atoms with Gasteiger partial charge in [-0.2, -0.15) is 4.98 Å². The topological polar surface area (TPSA) is 103 Å². The van der Waals surface area contributed by atoms with Gasteiger partial charge < -0.3 is 20.3 Å². The van der Waals surface area contributed by atoms with E-state index in [9.17, 15) is 9.18 Å². The van der Waals surface area contributed by atoms with Crippen LogP contribution in [-0.4, -0.2) is 35.3 Å². The highest BCUT2D eigenvalue weighted by atomic mass is 19.1. The van der Waals surface area contributed by atoms with Crippen LogP contribution >= 0.6 is 0 Å². The molecule has 140 valence electrons. The molecule has 2 unspecified atom stereocenters. The quantitative estimate of drug-likeness (QED) is 0.844. The SMILES string of the molecule is Cc1cc(-c2noc(C(C)NC(=O)C(N)C3CCOCC3)n2)ccc1F. The molecular weight excluding hydrogens is 339 g/mol. The second-order valence-corrected chi connectivity index (χ2v) is 6.63. The third-order valence-electron chi connectivity index (χ3n) is 4.66. The summed E-state index contributed by atoms with van der Waals surface area (Å²) < 4.78 is 23.9. The lowest BCUT2D eigenvalue weighted by Gasteiger charge is -2.27. The normalized spacial score (nSPS) is 17.7. The number of ether oxygens (including phenoxy) is 1. The molecule has 0 bridgehead atoms. The van der Waals surface area contributed by atoms with Gasteiger partial charge in [-0.15, -0.1) is 0 Å². The maximum absolute atomic E-state index is 13.4. The zero-order valence-corrected chi connectivity index (χ0v) is 14.9. The maximum atomic E-state index is 13.4. The zero-order chi connectivity index (χ0) is 18.7. The van der Waals surface area contributed by atoms with Crippen molar-refractivity contribution >= 4 is 5.91 Å². The fraction of sp³-hybridized carbons (Fsp3) is 0.500. The molecule has 1 fully saturated rings. The molecule has 2 heterocycles. The Morgan fingerprint density at radius 3 is 2.81 bits per heavy atom. The molecule has 0 radical (unpaired) electrons. The lowest BCUT2D eigenvalue weighted by molar-refractivity contribution is -0.125. The molecule has 1 amide bonds. The van der Waals surface area contributed by atoms with Crippen molar-refractivity contribution in [2.75, 3.05) is 13.2 Å². The molecule has 1 aromatic heterocycles. The molecule has 2 aromatic rings. The van der Waals surface area contributed by atoms with Crippen LogP contribution in [0.3, 0.4) is 0 Å². The average Bonchev–Trinajstić information content (AvgIpc) is 3.14. The monoisotopic (exact) mass is 362 g/mol. The Morgan fingerprint density at radius 2 is 2.12 bits per heavy atom. The van der Waals surface area contributed by atoms with E-state index >= 15 is 0 Å². The molecule has 7 nitrogen and oxygen atoms in total. The summed E-state index contributed by atoms with van der Waals surface area (Å²) in [6, 6.07) is 3.52. The second-order valence-electron chi connectivity index (χ2n) is 6.63. The Balaban J connectivity index is 1.64. The Kier molecular flexibility index (Phi) is 5.63. The van der Waals surface area contributed by atoms with Gasteiger partial charge in [-0.05, 0) is 56.4 Å². The summed E-state index contributed by atoms with van der Waals surface area (Å²) in [5, 5.41) is 6.73. The molecule has 3 N–H and O–H groups in total. The minimum Gasteiger partial charge on any atom is -0.381 e. The largest absolute Gasteiger partial charge is 0.381 e. The molecule has 3 rings (SSSR count). The summed E-state index contributed by atoms with van der Waals surface area (Å²) in [5.41, 5.74) is 7.22. The number of hydrogen-bond donors (Lipinski definition) is 2. The summed E-state index contributed by atoms with van der Waals surface area (Å²) in [7, 11) is 0. The number of amides is 1. The zero-order valence-electron chi connectivity index (χ0n) is 14.9. The Hall–Kier alpha value is -2.32. The number of carbonyl (C=O) groups excluding carboxylic acids is 1. The number of aryl methyl sites for hydroxylation is 1. The van der Waals surface area contributed by atoms with E-state index in [4.69, 9.17) is 15.0 Å². The van der Waals surface area contributed by atoms with Crippen molar-refractivity contribution in [2.24, 2.45) is 11.7 Å². The van der Waals surface area contributed by atoms with Gasteiger partial charge in [-0.1, -0.05) is 5.16 Å². The highest BCUT2D eigenvalue weighted by Crippen LogP contribution is 2.22. The first kappa shape index (κ1) is 18.5. The van der Waals surface area contributed by atoms with E-state index in [1.54, 1.807) is 26.0 Å².